The molecular weight excluding hydrogens is 212 g/mol. The Bertz CT molecular complexity index is 360. The number of fused-ring (bicyclic) bond motifs is 1. The zero-order valence-corrected chi connectivity index (χ0v) is 11.2. The number of carboxylic acid groups (broad SMARTS) is 1. The van der Waals surface area contributed by atoms with Gasteiger partial charge in [0.05, 0.1) is 5.92 Å². The van der Waals surface area contributed by atoms with Crippen LogP contribution >= 0.6 is 0 Å². The molecule has 1 N–H and O–H groups in total. The summed E-state index contributed by atoms with van der Waals surface area (Å²) in [5.74, 6) is 1.34. The molecule has 3 fully saturated rings. The average molecular weight is 236 g/mol. The van der Waals surface area contributed by atoms with Gasteiger partial charge in [0.25, 0.3) is 0 Å². The molecule has 17 heavy (non-hydrogen) atoms. The molecule has 2 bridgehead atoms. The van der Waals surface area contributed by atoms with Crippen molar-refractivity contribution >= 4 is 5.97 Å². The van der Waals surface area contributed by atoms with Crippen LogP contribution in [0.2, 0.25) is 0 Å². The van der Waals surface area contributed by atoms with Crippen LogP contribution in [0.4, 0.5) is 0 Å². The molecule has 0 aromatic heterocycles. The molecule has 0 aromatic rings. The van der Waals surface area contributed by atoms with Crippen LogP contribution in [-0.4, -0.2) is 11.1 Å². The van der Waals surface area contributed by atoms with Crippen LogP contribution < -0.4 is 0 Å². The zero-order valence-electron chi connectivity index (χ0n) is 11.2. The predicted molar refractivity (Wildman–Crippen MR) is 66.6 cm³/mol. The van der Waals surface area contributed by atoms with Crippen molar-refractivity contribution in [2.75, 3.05) is 0 Å². The van der Waals surface area contributed by atoms with Crippen LogP contribution in [0.1, 0.15) is 52.9 Å². The zero-order chi connectivity index (χ0) is 12.4. The first-order valence-corrected chi connectivity index (χ1v) is 7.14. The minimum absolute atomic E-state index is 0.0557. The maximum absolute atomic E-state index is 11.4. The molecule has 3 aliphatic rings. The number of rotatable bonds is 1. The summed E-state index contributed by atoms with van der Waals surface area (Å²) in [7, 11) is 0. The fraction of sp³-hybridized carbons (Fsp3) is 0.933. The molecule has 96 valence electrons. The lowest BCUT2D eigenvalue weighted by Gasteiger charge is -2.52. The lowest BCUT2D eigenvalue weighted by atomic mass is 9.52. The molecule has 0 heterocycles. The second kappa shape index (κ2) is 3.27. The lowest BCUT2D eigenvalue weighted by molar-refractivity contribution is -0.144. The molecule has 3 saturated carbocycles. The van der Waals surface area contributed by atoms with E-state index in [0.717, 1.165) is 18.8 Å². The van der Waals surface area contributed by atoms with Gasteiger partial charge >= 0.3 is 5.97 Å². The second-order valence-electron chi connectivity index (χ2n) is 7.26. The standard InChI is InChI=1S/C15H24O2/c1-9-4-5-10-8-12-11(13(16)17)6-7-15(9,12)14(10,2)3/h9-12H,4-8H2,1-3H3,(H,16,17)/t9-,10+,11+,12?,15-/m1/s1. The molecule has 2 heteroatoms. The first kappa shape index (κ1) is 11.6. The fourth-order valence-corrected chi connectivity index (χ4v) is 6.03. The van der Waals surface area contributed by atoms with Crippen LogP contribution in [0.25, 0.3) is 0 Å². The second-order valence-corrected chi connectivity index (χ2v) is 7.26. The van der Waals surface area contributed by atoms with E-state index in [-0.39, 0.29) is 5.92 Å². The Hall–Kier alpha value is -0.530. The van der Waals surface area contributed by atoms with Crippen molar-refractivity contribution in [2.24, 2.45) is 34.5 Å². The summed E-state index contributed by atoms with van der Waals surface area (Å²) in [4.78, 5) is 11.4. The van der Waals surface area contributed by atoms with Gasteiger partial charge in [-0.15, -0.1) is 0 Å². The van der Waals surface area contributed by atoms with Gasteiger partial charge in [-0.2, -0.15) is 0 Å². The van der Waals surface area contributed by atoms with Gasteiger partial charge in [0.2, 0.25) is 0 Å². The largest absolute Gasteiger partial charge is 0.481 e. The molecule has 1 unspecified atom stereocenters. The minimum Gasteiger partial charge on any atom is -0.481 e. The fourth-order valence-electron chi connectivity index (χ4n) is 6.03. The Morgan fingerprint density at radius 3 is 2.59 bits per heavy atom. The summed E-state index contributed by atoms with van der Waals surface area (Å²) in [6.45, 7) is 7.20. The first-order chi connectivity index (χ1) is 7.91. The SMILES string of the molecule is C[C@@H]1CC[C@H]2CC3[C@@H](C(=O)O)CC[C@]31C2(C)C. The summed E-state index contributed by atoms with van der Waals surface area (Å²) >= 11 is 0. The van der Waals surface area contributed by atoms with E-state index >= 15 is 0 Å². The Morgan fingerprint density at radius 1 is 1.24 bits per heavy atom. The predicted octanol–water partition coefficient (Wildman–Crippen LogP) is 3.56. The van der Waals surface area contributed by atoms with Gasteiger partial charge < -0.3 is 5.11 Å². The van der Waals surface area contributed by atoms with Crippen LogP contribution in [0.5, 0.6) is 0 Å². The van der Waals surface area contributed by atoms with Gasteiger partial charge in [0.15, 0.2) is 0 Å². The molecule has 0 aliphatic heterocycles. The summed E-state index contributed by atoms with van der Waals surface area (Å²) in [6.07, 6.45) is 5.88. The molecule has 0 aromatic carbocycles. The van der Waals surface area contributed by atoms with Crippen molar-refractivity contribution in [3.05, 3.63) is 0 Å². The molecular formula is C15H24O2. The topological polar surface area (TPSA) is 37.3 Å². The van der Waals surface area contributed by atoms with Crippen molar-refractivity contribution in [1.82, 2.24) is 0 Å². The normalized spacial score (nSPS) is 51.2. The summed E-state index contributed by atoms with van der Waals surface area (Å²) in [5, 5.41) is 9.43. The van der Waals surface area contributed by atoms with E-state index < -0.39 is 5.97 Å². The van der Waals surface area contributed by atoms with Gasteiger partial charge in [0.1, 0.15) is 0 Å². The quantitative estimate of drug-likeness (QED) is 0.756. The Labute approximate surface area is 104 Å². The third-order valence-corrected chi connectivity index (χ3v) is 6.92. The average Bonchev–Trinajstić information content (AvgIpc) is 2.65. The van der Waals surface area contributed by atoms with E-state index in [1.807, 2.05) is 0 Å². The number of carbonyl (C=O) groups is 1. The van der Waals surface area contributed by atoms with Gasteiger partial charge in [-0.25, -0.2) is 0 Å². The van der Waals surface area contributed by atoms with Crippen LogP contribution in [0.15, 0.2) is 0 Å². The third-order valence-electron chi connectivity index (χ3n) is 6.92. The highest BCUT2D eigenvalue weighted by Crippen LogP contribution is 2.74. The third kappa shape index (κ3) is 1.15. The van der Waals surface area contributed by atoms with Crippen molar-refractivity contribution in [1.29, 1.82) is 0 Å². The van der Waals surface area contributed by atoms with Gasteiger partial charge in [-0.3, -0.25) is 4.79 Å². The number of hydrogen-bond donors (Lipinski definition) is 1. The van der Waals surface area contributed by atoms with E-state index in [9.17, 15) is 9.90 Å². The van der Waals surface area contributed by atoms with E-state index in [4.69, 9.17) is 0 Å². The summed E-state index contributed by atoms with van der Waals surface area (Å²) in [6, 6.07) is 0. The molecule has 1 spiro atoms. The molecule has 0 saturated heterocycles. The highest BCUT2D eigenvalue weighted by Gasteiger charge is 2.68. The monoisotopic (exact) mass is 236 g/mol. The van der Waals surface area contributed by atoms with E-state index in [1.54, 1.807) is 0 Å². The molecule has 2 nitrogen and oxygen atoms in total. The first-order valence-electron chi connectivity index (χ1n) is 7.14. The van der Waals surface area contributed by atoms with Crippen molar-refractivity contribution in [2.45, 2.75) is 52.9 Å². The van der Waals surface area contributed by atoms with Gasteiger partial charge in [-0.1, -0.05) is 20.8 Å². The van der Waals surface area contributed by atoms with Crippen LogP contribution in [0, 0.1) is 34.5 Å². The van der Waals surface area contributed by atoms with Crippen molar-refractivity contribution < 1.29 is 9.90 Å². The molecule has 5 atom stereocenters. The van der Waals surface area contributed by atoms with E-state index in [2.05, 4.69) is 20.8 Å². The van der Waals surface area contributed by atoms with Crippen molar-refractivity contribution in [3.8, 4) is 0 Å². The number of aliphatic carboxylic acids is 1. The Balaban J connectivity index is 2.06. The Morgan fingerprint density at radius 2 is 1.94 bits per heavy atom. The molecule has 3 rings (SSSR count). The molecule has 0 radical (unpaired) electrons. The molecule has 0 amide bonds. The maximum atomic E-state index is 11.4. The summed E-state index contributed by atoms with van der Waals surface area (Å²) < 4.78 is 0. The van der Waals surface area contributed by atoms with Crippen LogP contribution in [0.3, 0.4) is 0 Å². The van der Waals surface area contributed by atoms with E-state index in [1.165, 1.54) is 19.3 Å². The summed E-state index contributed by atoms with van der Waals surface area (Å²) in [5.41, 5.74) is 0.693. The number of hydrogen-bond acceptors (Lipinski definition) is 1. The van der Waals surface area contributed by atoms with Gasteiger partial charge in [-0.05, 0) is 60.7 Å². The highest BCUT2D eigenvalue weighted by atomic mass is 16.4. The maximum Gasteiger partial charge on any atom is 0.306 e. The lowest BCUT2D eigenvalue weighted by Crippen LogP contribution is -2.46. The van der Waals surface area contributed by atoms with Gasteiger partial charge in [0, 0.05) is 0 Å². The minimum atomic E-state index is -0.539. The number of carboxylic acids is 1. The van der Waals surface area contributed by atoms with Crippen LogP contribution in [-0.2, 0) is 4.79 Å². The van der Waals surface area contributed by atoms with E-state index in [0.29, 0.717) is 22.7 Å². The Kier molecular flexibility index (Phi) is 2.22. The highest BCUT2D eigenvalue weighted by molar-refractivity contribution is 5.71. The molecule has 3 aliphatic carbocycles. The smallest absolute Gasteiger partial charge is 0.306 e. The van der Waals surface area contributed by atoms with Crippen molar-refractivity contribution in [3.63, 3.8) is 0 Å².